The molecule has 1 atom stereocenters. The number of hydrogen-bond donors (Lipinski definition) is 4. The number of phenols is 2. The van der Waals surface area contributed by atoms with Crippen molar-refractivity contribution in [2.45, 2.75) is 30.4 Å². The van der Waals surface area contributed by atoms with Gasteiger partial charge in [0.05, 0.1) is 0 Å². The molecule has 0 fully saturated rings. The molecule has 2 nitrogen and oxygen atoms in total. The minimum Gasteiger partial charge on any atom is -0.508 e. The van der Waals surface area contributed by atoms with Crippen LogP contribution in [0.2, 0.25) is 0 Å². The number of thiol groups is 2. The number of fused-ring (bicyclic) bond motifs is 2. The van der Waals surface area contributed by atoms with Gasteiger partial charge in [0.1, 0.15) is 11.5 Å². The van der Waals surface area contributed by atoms with E-state index in [1.807, 2.05) is 23.6 Å². The van der Waals surface area contributed by atoms with Gasteiger partial charge in [-0.2, -0.15) is 9.93 Å². The Morgan fingerprint density at radius 1 is 1.00 bits per heavy atom. The Morgan fingerprint density at radius 2 is 1.81 bits per heavy atom. The molecule has 6 heteroatoms. The molecule has 0 aliphatic carbocycles. The number of rotatable bonds is 4. The molecule has 4 aromatic rings. The lowest BCUT2D eigenvalue weighted by Gasteiger charge is -2.16. The zero-order chi connectivity index (χ0) is 18.4. The van der Waals surface area contributed by atoms with E-state index in [9.17, 15) is 10.2 Å². The van der Waals surface area contributed by atoms with Gasteiger partial charge in [-0.25, -0.2) is 0 Å². The molecular weight excluding hydrogens is 400 g/mol. The van der Waals surface area contributed by atoms with Gasteiger partial charge in [-0.15, -0.1) is 34.3 Å². The van der Waals surface area contributed by atoms with E-state index in [2.05, 4.69) is 32.0 Å². The maximum absolute atomic E-state index is 10.4. The van der Waals surface area contributed by atoms with Gasteiger partial charge >= 0.3 is 0 Å². The van der Waals surface area contributed by atoms with Crippen molar-refractivity contribution in [2.75, 3.05) is 0 Å². The second-order valence-corrected chi connectivity index (χ2v) is 11.8. The van der Waals surface area contributed by atoms with Crippen molar-refractivity contribution in [1.29, 1.82) is 0 Å². The minimum absolute atomic E-state index is 0.291. The van der Waals surface area contributed by atoms with E-state index in [0.29, 0.717) is 17.4 Å². The third kappa shape index (κ3) is 3.31. The van der Waals surface area contributed by atoms with Gasteiger partial charge in [-0.3, -0.25) is 0 Å². The van der Waals surface area contributed by atoms with Crippen LogP contribution in [0.25, 0.3) is 20.2 Å². The second kappa shape index (κ2) is 7.00. The molecule has 4 rings (SSSR count). The fourth-order valence-electron chi connectivity index (χ4n) is 3.12. The summed E-state index contributed by atoms with van der Waals surface area (Å²) >= 11 is 8.21. The summed E-state index contributed by atoms with van der Waals surface area (Å²) in [5.41, 5.74) is 0.982. The van der Waals surface area contributed by atoms with Crippen molar-refractivity contribution in [3.63, 3.8) is 0 Å². The highest BCUT2D eigenvalue weighted by Crippen LogP contribution is 2.50. The lowest BCUT2D eigenvalue weighted by atomic mass is 10.0. The van der Waals surface area contributed by atoms with Crippen LogP contribution in [-0.4, -0.2) is 10.2 Å². The third-order valence-electron chi connectivity index (χ3n) is 4.47. The minimum atomic E-state index is -0.793. The Bertz CT molecular complexity index is 1090. The van der Waals surface area contributed by atoms with Crippen molar-refractivity contribution >= 4 is 64.4 Å². The number of benzene rings is 2. The van der Waals surface area contributed by atoms with Crippen LogP contribution in [0.3, 0.4) is 0 Å². The summed E-state index contributed by atoms with van der Waals surface area (Å²) < 4.78 is 2.28. The molecule has 136 valence electrons. The monoisotopic (exact) mass is 420 g/mol. The smallest absolute Gasteiger partial charge is 0.128 e. The molecule has 0 aliphatic heterocycles. The maximum Gasteiger partial charge on any atom is 0.128 e. The van der Waals surface area contributed by atoms with E-state index in [4.69, 9.17) is 11.7 Å². The van der Waals surface area contributed by atoms with Gasteiger partial charge in [0.2, 0.25) is 0 Å². The first-order valence-corrected chi connectivity index (χ1v) is 12.7. The lowest BCUT2D eigenvalue weighted by Crippen LogP contribution is -1.87. The maximum atomic E-state index is 10.4. The second-order valence-electron chi connectivity index (χ2n) is 6.67. The van der Waals surface area contributed by atoms with E-state index in [-0.39, 0.29) is 0 Å². The highest BCUT2D eigenvalue weighted by atomic mass is 33.1. The first-order valence-electron chi connectivity index (χ1n) is 8.34. The van der Waals surface area contributed by atoms with Gasteiger partial charge in [-0.1, -0.05) is 13.8 Å². The number of aromatic hydroxyl groups is 2. The van der Waals surface area contributed by atoms with Crippen molar-refractivity contribution in [2.24, 2.45) is 0 Å². The molecule has 0 radical (unpaired) electrons. The van der Waals surface area contributed by atoms with Crippen LogP contribution in [0.5, 0.6) is 11.5 Å². The van der Waals surface area contributed by atoms with Crippen LogP contribution >= 0.6 is 44.3 Å². The fourth-order valence-corrected chi connectivity index (χ4v) is 7.92. The van der Waals surface area contributed by atoms with Gasteiger partial charge in [0.15, 0.2) is 0 Å². The summed E-state index contributed by atoms with van der Waals surface area (Å²) in [6.07, 6.45) is 0. The zero-order valence-corrected chi connectivity index (χ0v) is 17.9. The molecule has 26 heavy (non-hydrogen) atoms. The average molecular weight is 421 g/mol. The molecule has 2 aromatic carbocycles. The Kier molecular flexibility index (Phi) is 4.86. The van der Waals surface area contributed by atoms with E-state index in [0.717, 1.165) is 26.3 Å². The van der Waals surface area contributed by atoms with Crippen LogP contribution in [0.15, 0.2) is 46.7 Å². The summed E-state index contributed by atoms with van der Waals surface area (Å²) in [6, 6.07) is 12.1. The SMILES string of the molecule is CC(C)c1cc2cc(C[SH](S)c3cc4sccc4cc3O)sc2cc1O. The Balaban J connectivity index is 1.66. The standard InChI is InChI=1S/C20H20O2S4/c1-11(2)15-6-13-5-14(25-19(13)8-16(15)21)10-26(23)20-9-18-12(3-4-24-18)7-17(20)22/h3-9,11,21-23,26H,10H2,1-2H3. The van der Waals surface area contributed by atoms with Gasteiger partial charge in [0.25, 0.3) is 0 Å². The largest absolute Gasteiger partial charge is 0.508 e. The first-order chi connectivity index (χ1) is 12.4. The number of phenolic OH excluding ortho intramolecular Hbond substituents is 2. The Morgan fingerprint density at radius 3 is 2.58 bits per heavy atom. The molecule has 0 saturated carbocycles. The van der Waals surface area contributed by atoms with Crippen LogP contribution < -0.4 is 0 Å². The van der Waals surface area contributed by atoms with E-state index in [1.54, 1.807) is 22.7 Å². The van der Waals surface area contributed by atoms with Crippen LogP contribution in [0, 0.1) is 0 Å². The molecular formula is C20H20O2S4. The predicted octanol–water partition coefficient (Wildman–Crippen LogP) is 7.06. The molecule has 0 bridgehead atoms. The predicted molar refractivity (Wildman–Crippen MR) is 121 cm³/mol. The summed E-state index contributed by atoms with van der Waals surface area (Å²) in [4.78, 5) is 2.16. The van der Waals surface area contributed by atoms with Crippen molar-refractivity contribution < 1.29 is 10.2 Å². The van der Waals surface area contributed by atoms with E-state index in [1.165, 1.54) is 15.0 Å². The van der Waals surface area contributed by atoms with Crippen molar-refractivity contribution in [3.05, 3.63) is 52.2 Å². The molecule has 0 saturated heterocycles. The highest BCUT2D eigenvalue weighted by Gasteiger charge is 2.14. The normalized spacial score (nSPS) is 13.8. The van der Waals surface area contributed by atoms with E-state index < -0.39 is 9.93 Å². The highest BCUT2D eigenvalue weighted by molar-refractivity contribution is 8.77. The molecule has 1 unspecified atom stereocenters. The van der Waals surface area contributed by atoms with Crippen LogP contribution in [0.4, 0.5) is 0 Å². The Labute approximate surface area is 168 Å². The molecule has 0 spiro atoms. The van der Waals surface area contributed by atoms with Crippen LogP contribution in [-0.2, 0) is 5.75 Å². The van der Waals surface area contributed by atoms with Crippen molar-refractivity contribution in [3.8, 4) is 11.5 Å². The molecule has 0 aliphatic rings. The van der Waals surface area contributed by atoms with Gasteiger partial charge in [-0.05, 0) is 64.0 Å². The quantitative estimate of drug-likeness (QED) is 0.211. The summed E-state index contributed by atoms with van der Waals surface area (Å²) in [5.74, 6) is 1.80. The number of thiophene rings is 2. The fraction of sp³-hybridized carbons (Fsp3) is 0.200. The van der Waals surface area contributed by atoms with Crippen LogP contribution in [0.1, 0.15) is 30.2 Å². The summed E-state index contributed by atoms with van der Waals surface area (Å²) in [6.45, 7) is 4.18. The topological polar surface area (TPSA) is 40.5 Å². The Hall–Kier alpha value is -1.34. The molecule has 2 heterocycles. The first kappa shape index (κ1) is 18.0. The summed E-state index contributed by atoms with van der Waals surface area (Å²) in [5, 5.41) is 24.9. The zero-order valence-electron chi connectivity index (χ0n) is 14.4. The third-order valence-corrected chi connectivity index (χ3v) is 9.29. The lowest BCUT2D eigenvalue weighted by molar-refractivity contribution is 0.463. The van der Waals surface area contributed by atoms with Crippen molar-refractivity contribution in [1.82, 2.24) is 0 Å². The summed E-state index contributed by atoms with van der Waals surface area (Å²) in [7, 11) is -0.793. The molecule has 2 N–H and O–H groups in total. The molecule has 2 aromatic heterocycles. The van der Waals surface area contributed by atoms with E-state index >= 15 is 0 Å². The number of hydrogen-bond acceptors (Lipinski definition) is 5. The van der Waals surface area contributed by atoms with Gasteiger partial charge in [0, 0.05) is 24.9 Å². The van der Waals surface area contributed by atoms with Gasteiger partial charge < -0.3 is 10.2 Å². The average Bonchev–Trinajstić information content (AvgIpc) is 3.18. The molecule has 0 amide bonds.